The molecule has 4 nitrogen and oxygen atoms in total. The first-order chi connectivity index (χ1) is 10.4. The van der Waals surface area contributed by atoms with Crippen molar-refractivity contribution in [3.63, 3.8) is 0 Å². The summed E-state index contributed by atoms with van der Waals surface area (Å²) < 4.78 is 186. The number of hydrogen-bond donors (Lipinski definition) is 0. The molecule has 0 aliphatic heterocycles. The molecule has 0 rings (SSSR count). The van der Waals surface area contributed by atoms with Gasteiger partial charge in [-0.1, -0.05) is 0 Å². The topological polar surface area (TPSA) is 103 Å². The van der Waals surface area contributed by atoms with Gasteiger partial charge in [-0.2, -0.15) is 65.9 Å². The standard InChI is InChI=1S/C8HF15O2.K.2H2O/c9-2(10,1(24)25)3(11,12)4(13,14)5(15,16)6(17,18)7(19,20)8(21,22)23;;;/h(H,24,25);;2*1H2/q;+1;;/p-1. The van der Waals surface area contributed by atoms with Gasteiger partial charge >= 0.3 is 93.1 Å². The molecule has 0 fully saturated rings. The summed E-state index contributed by atoms with van der Waals surface area (Å²) in [6.45, 7) is 0. The minimum absolute atomic E-state index is 0. The first-order valence-corrected chi connectivity index (χ1v) is 4.99. The summed E-state index contributed by atoms with van der Waals surface area (Å²) in [6.07, 6.45) is -7.71. The van der Waals surface area contributed by atoms with Crippen molar-refractivity contribution in [2.24, 2.45) is 0 Å². The van der Waals surface area contributed by atoms with E-state index in [0.717, 1.165) is 0 Å². The number of rotatable bonds is 6. The zero-order valence-electron chi connectivity index (χ0n) is 12.5. The number of carbonyl (C=O) groups excluding carboxylic acids is 1. The summed E-state index contributed by atoms with van der Waals surface area (Å²) in [4.78, 5) is 9.61. The van der Waals surface area contributed by atoms with Crippen LogP contribution >= 0.6 is 0 Å². The zero-order valence-corrected chi connectivity index (χ0v) is 15.6. The van der Waals surface area contributed by atoms with Gasteiger partial charge in [0.2, 0.25) is 0 Å². The smallest absolute Gasteiger partial charge is 0.544 e. The molecular formula is C8H4F15KO4. The maximum atomic E-state index is 12.8. The Hall–Kier alpha value is -0.0236. The van der Waals surface area contributed by atoms with Gasteiger partial charge in [-0.3, -0.25) is 0 Å². The van der Waals surface area contributed by atoms with Crippen molar-refractivity contribution < 1.29 is 138 Å². The van der Waals surface area contributed by atoms with Crippen LogP contribution in [0, 0.1) is 0 Å². The van der Waals surface area contributed by atoms with E-state index in [0.29, 0.717) is 0 Å². The molecule has 0 atom stereocenters. The maximum absolute atomic E-state index is 12.8. The van der Waals surface area contributed by atoms with Crippen LogP contribution in [-0.2, 0) is 4.79 Å². The van der Waals surface area contributed by atoms with Gasteiger partial charge in [0, 0.05) is 0 Å². The molecule has 0 saturated carbocycles. The molecule has 4 N–H and O–H groups in total. The summed E-state index contributed by atoms with van der Waals surface area (Å²) in [7, 11) is 0. The van der Waals surface area contributed by atoms with Crippen molar-refractivity contribution in [1.82, 2.24) is 0 Å². The second-order valence-electron chi connectivity index (χ2n) is 4.23. The minimum atomic E-state index is -8.50. The van der Waals surface area contributed by atoms with E-state index in [9.17, 15) is 75.8 Å². The SMILES string of the molecule is O.O.O=C([O-])C(F)(F)C(F)(F)C(F)(F)C(F)(F)C(F)(F)C(F)(F)C(F)(F)F.[K+]. The van der Waals surface area contributed by atoms with Crippen LogP contribution in [0.5, 0.6) is 0 Å². The van der Waals surface area contributed by atoms with Crippen molar-refractivity contribution >= 4 is 5.97 Å². The van der Waals surface area contributed by atoms with Crippen LogP contribution in [0.15, 0.2) is 0 Å². The van der Waals surface area contributed by atoms with E-state index in [1.807, 2.05) is 0 Å². The summed E-state index contributed by atoms with van der Waals surface area (Å²) in [6, 6.07) is 0. The van der Waals surface area contributed by atoms with Gasteiger partial charge in [-0.15, -0.1) is 0 Å². The third kappa shape index (κ3) is 4.50. The molecule has 0 unspecified atom stereocenters. The number of carboxylic acids is 1. The van der Waals surface area contributed by atoms with Crippen molar-refractivity contribution in [2.45, 2.75) is 41.7 Å². The molecule has 166 valence electrons. The number of hydrogen-bond acceptors (Lipinski definition) is 2. The van der Waals surface area contributed by atoms with Crippen LogP contribution in [0.1, 0.15) is 0 Å². The van der Waals surface area contributed by atoms with Crippen LogP contribution in [-0.4, -0.2) is 58.6 Å². The average Bonchev–Trinajstić information content (AvgIpc) is 2.35. The van der Waals surface area contributed by atoms with E-state index in [1.54, 1.807) is 0 Å². The fraction of sp³-hybridized carbons (Fsp3) is 0.875. The van der Waals surface area contributed by atoms with Crippen molar-refractivity contribution in [3.8, 4) is 0 Å². The Morgan fingerprint density at radius 2 is 0.714 bits per heavy atom. The fourth-order valence-corrected chi connectivity index (χ4v) is 1.09. The van der Waals surface area contributed by atoms with Crippen molar-refractivity contribution in [3.05, 3.63) is 0 Å². The predicted octanol–water partition coefficient (Wildman–Crippen LogP) is -1.54. The van der Waals surface area contributed by atoms with Gasteiger partial charge in [0.15, 0.2) is 0 Å². The Morgan fingerprint density at radius 1 is 0.500 bits per heavy atom. The Labute approximate surface area is 185 Å². The second kappa shape index (κ2) is 9.00. The van der Waals surface area contributed by atoms with Crippen LogP contribution in [0.25, 0.3) is 0 Å². The number of carbonyl (C=O) groups is 1. The Kier molecular flexibility index (Phi) is 11.4. The van der Waals surface area contributed by atoms with Gasteiger partial charge in [-0.25, -0.2) is 0 Å². The molecule has 0 aromatic rings. The van der Waals surface area contributed by atoms with Gasteiger partial charge in [0.1, 0.15) is 5.97 Å². The molecule has 28 heavy (non-hydrogen) atoms. The van der Waals surface area contributed by atoms with Crippen molar-refractivity contribution in [2.75, 3.05) is 0 Å². The molecule has 0 amide bonds. The van der Waals surface area contributed by atoms with Crippen LogP contribution in [0.2, 0.25) is 0 Å². The number of alkyl halides is 15. The average molecular weight is 488 g/mol. The third-order valence-corrected chi connectivity index (χ3v) is 2.58. The first-order valence-electron chi connectivity index (χ1n) is 4.99. The van der Waals surface area contributed by atoms with Crippen molar-refractivity contribution in [1.29, 1.82) is 0 Å². The van der Waals surface area contributed by atoms with Gasteiger partial charge < -0.3 is 20.9 Å². The molecule has 0 spiro atoms. The molecule has 0 aliphatic rings. The minimum Gasteiger partial charge on any atom is -0.544 e. The van der Waals surface area contributed by atoms with E-state index in [4.69, 9.17) is 0 Å². The first kappa shape index (κ1) is 35.4. The van der Waals surface area contributed by atoms with E-state index in [1.165, 1.54) is 0 Å². The maximum Gasteiger partial charge on any atom is 1.00 e. The van der Waals surface area contributed by atoms with Crippen LogP contribution in [0.3, 0.4) is 0 Å². The number of aliphatic carboxylic acids is 1. The molecule has 0 bridgehead atoms. The molecule has 0 heterocycles. The number of carboxylic acid groups (broad SMARTS) is 1. The molecule has 0 aromatic carbocycles. The molecular weight excluding hydrogens is 484 g/mol. The normalized spacial score (nSPS) is 14.4. The van der Waals surface area contributed by atoms with Crippen LogP contribution < -0.4 is 56.5 Å². The van der Waals surface area contributed by atoms with Gasteiger partial charge in [0.05, 0.1) is 0 Å². The predicted molar refractivity (Wildman–Crippen MR) is 48.0 cm³/mol. The van der Waals surface area contributed by atoms with Crippen LogP contribution in [0.4, 0.5) is 65.9 Å². The Balaban J connectivity index is -0.000000960. The molecule has 20 heteroatoms. The monoisotopic (exact) mass is 488 g/mol. The van der Waals surface area contributed by atoms with E-state index in [-0.39, 0.29) is 62.3 Å². The largest absolute Gasteiger partial charge is 1.00 e. The van der Waals surface area contributed by atoms with E-state index >= 15 is 0 Å². The Bertz CT molecular complexity index is 543. The molecule has 0 radical (unpaired) electrons. The quantitative estimate of drug-likeness (QED) is 0.335. The van der Waals surface area contributed by atoms with E-state index in [2.05, 4.69) is 0 Å². The summed E-state index contributed by atoms with van der Waals surface area (Å²) in [5.41, 5.74) is 0. The number of halogens is 15. The van der Waals surface area contributed by atoms with Gasteiger partial charge in [0.25, 0.3) is 0 Å². The summed E-state index contributed by atoms with van der Waals surface area (Å²) in [5, 5.41) is 9.61. The zero-order chi connectivity index (χ0) is 21.1. The fourth-order valence-electron chi connectivity index (χ4n) is 1.09. The Morgan fingerprint density at radius 3 is 0.929 bits per heavy atom. The molecule has 0 aliphatic carbocycles. The second-order valence-corrected chi connectivity index (χ2v) is 4.23. The summed E-state index contributed by atoms with van der Waals surface area (Å²) >= 11 is 0. The summed E-state index contributed by atoms with van der Waals surface area (Å²) in [5.74, 6) is -53.3. The van der Waals surface area contributed by atoms with E-state index < -0.39 is 47.7 Å². The molecule has 0 aromatic heterocycles. The third-order valence-electron chi connectivity index (χ3n) is 2.58. The molecule has 0 saturated heterocycles. The van der Waals surface area contributed by atoms with Gasteiger partial charge in [-0.05, 0) is 0 Å².